The molecule has 1 aromatic carbocycles. The highest BCUT2D eigenvalue weighted by Gasteiger charge is 2.35. The summed E-state index contributed by atoms with van der Waals surface area (Å²) in [6.45, 7) is 3.49. The van der Waals surface area contributed by atoms with E-state index in [9.17, 15) is 9.59 Å². The molecule has 3 aromatic rings. The third-order valence-electron chi connectivity index (χ3n) is 6.18. The van der Waals surface area contributed by atoms with Crippen molar-refractivity contribution in [3.05, 3.63) is 74.5 Å². The monoisotopic (exact) mass is 522 g/mol. The van der Waals surface area contributed by atoms with Gasteiger partial charge in [0.05, 0.1) is 30.2 Å². The number of nitrogens with one attached hydrogen (secondary N) is 1. The van der Waals surface area contributed by atoms with Crippen molar-refractivity contribution in [2.24, 2.45) is 0 Å². The fourth-order valence-electron chi connectivity index (χ4n) is 4.23. The van der Waals surface area contributed by atoms with Crippen molar-refractivity contribution in [2.45, 2.75) is 32.4 Å². The Kier molecular flexibility index (Phi) is 7.08. The number of amides is 1. The number of benzene rings is 1. The van der Waals surface area contributed by atoms with Crippen molar-refractivity contribution in [1.82, 2.24) is 14.3 Å². The zero-order valence-corrected chi connectivity index (χ0v) is 21.7. The fourth-order valence-corrected chi connectivity index (χ4v) is 5.49. The molecule has 0 radical (unpaired) electrons. The van der Waals surface area contributed by atoms with Crippen LogP contribution in [0.15, 0.2) is 52.3 Å². The molecule has 2 saturated heterocycles. The van der Waals surface area contributed by atoms with Crippen LogP contribution < -0.4 is 15.6 Å². The van der Waals surface area contributed by atoms with E-state index < -0.39 is 0 Å². The Hall–Kier alpha value is -3.21. The van der Waals surface area contributed by atoms with E-state index in [4.69, 9.17) is 26.7 Å². The van der Waals surface area contributed by atoms with E-state index in [1.807, 2.05) is 37.3 Å². The maximum absolute atomic E-state index is 13.6. The van der Waals surface area contributed by atoms with E-state index in [-0.39, 0.29) is 17.6 Å². The maximum Gasteiger partial charge on any atom is 0.267 e. The topological polar surface area (TPSA) is 85.2 Å². The SMILES string of the molecule is COc1ccc(CNc2nc3ccc(C)cn3c(=O)c2/C=C2\SC(=S)N(C[C@@H]3CCCO3)C2=O)cc1. The zero-order valence-electron chi connectivity index (χ0n) is 20.0. The number of thiocarbonyl (C=S) groups is 1. The largest absolute Gasteiger partial charge is 0.497 e. The summed E-state index contributed by atoms with van der Waals surface area (Å²) in [4.78, 5) is 33.5. The minimum absolute atomic E-state index is 0.00971. The molecule has 2 aromatic heterocycles. The Labute approximate surface area is 218 Å². The predicted octanol–water partition coefficient (Wildman–Crippen LogP) is 4.00. The standard InChI is InChI=1S/C26H26N4O4S2/c1-16-5-10-22-28-23(27-13-17-6-8-18(33-2)9-7-17)20(24(31)29(22)14-16)12-21-25(32)30(26(35)36-21)15-19-4-3-11-34-19/h5-10,12,14,19,27H,3-4,11,13,15H2,1-2H3/b21-12-/t19-/m0/s1. The van der Waals surface area contributed by atoms with Gasteiger partial charge in [-0.1, -0.05) is 42.2 Å². The van der Waals surface area contributed by atoms with Gasteiger partial charge in [-0.15, -0.1) is 0 Å². The smallest absolute Gasteiger partial charge is 0.267 e. The quantitative estimate of drug-likeness (QED) is 0.368. The van der Waals surface area contributed by atoms with Crippen molar-refractivity contribution in [2.75, 3.05) is 25.6 Å². The third kappa shape index (κ3) is 5.02. The molecule has 0 bridgehead atoms. The van der Waals surface area contributed by atoms with Crippen molar-refractivity contribution < 1.29 is 14.3 Å². The first kappa shape index (κ1) is 24.5. The molecule has 0 saturated carbocycles. The van der Waals surface area contributed by atoms with Crippen molar-refractivity contribution in [1.29, 1.82) is 0 Å². The average molecular weight is 523 g/mol. The van der Waals surface area contributed by atoms with Crippen LogP contribution >= 0.6 is 24.0 Å². The first-order chi connectivity index (χ1) is 17.4. The Morgan fingerprint density at radius 2 is 2.06 bits per heavy atom. The van der Waals surface area contributed by atoms with Crippen LogP contribution in [0.1, 0.15) is 29.5 Å². The van der Waals surface area contributed by atoms with Crippen molar-refractivity contribution >= 4 is 51.7 Å². The van der Waals surface area contributed by atoms with Gasteiger partial charge in [0.15, 0.2) is 0 Å². The highest BCUT2D eigenvalue weighted by molar-refractivity contribution is 8.26. The molecule has 0 spiro atoms. The van der Waals surface area contributed by atoms with Gasteiger partial charge >= 0.3 is 0 Å². The van der Waals surface area contributed by atoms with Crippen LogP contribution in [0.2, 0.25) is 0 Å². The summed E-state index contributed by atoms with van der Waals surface area (Å²) in [6, 6.07) is 11.4. The van der Waals surface area contributed by atoms with Gasteiger partial charge in [-0.3, -0.25) is 18.9 Å². The summed E-state index contributed by atoms with van der Waals surface area (Å²) in [7, 11) is 1.62. The molecule has 186 valence electrons. The molecular formula is C26H26N4O4S2. The van der Waals surface area contributed by atoms with E-state index in [1.54, 1.807) is 30.3 Å². The molecule has 2 aliphatic heterocycles. The maximum atomic E-state index is 13.6. The molecule has 8 nitrogen and oxygen atoms in total. The molecule has 0 aliphatic carbocycles. The summed E-state index contributed by atoms with van der Waals surface area (Å²) in [5, 5.41) is 3.29. The lowest BCUT2D eigenvalue weighted by molar-refractivity contribution is -0.123. The lowest BCUT2D eigenvalue weighted by Gasteiger charge is -2.18. The lowest BCUT2D eigenvalue weighted by atomic mass is 10.2. The number of pyridine rings is 1. The van der Waals surface area contributed by atoms with Crippen molar-refractivity contribution in [3.63, 3.8) is 0 Å². The minimum atomic E-state index is -0.259. The molecule has 2 aliphatic rings. The lowest BCUT2D eigenvalue weighted by Crippen LogP contribution is -2.35. The number of aryl methyl sites for hydroxylation is 1. The van der Waals surface area contributed by atoms with E-state index in [1.165, 1.54) is 16.2 Å². The number of rotatable bonds is 7. The first-order valence-corrected chi connectivity index (χ1v) is 12.9. The van der Waals surface area contributed by atoms with E-state index in [2.05, 4.69) is 5.32 Å². The van der Waals surface area contributed by atoms with E-state index in [0.717, 1.165) is 29.7 Å². The van der Waals surface area contributed by atoms with Crippen LogP contribution in [-0.4, -0.2) is 50.9 Å². The zero-order chi connectivity index (χ0) is 25.2. The van der Waals surface area contributed by atoms with Crippen LogP contribution in [0.4, 0.5) is 5.82 Å². The Bertz CT molecular complexity index is 1410. The molecule has 2 fully saturated rings. The molecule has 10 heteroatoms. The summed E-state index contributed by atoms with van der Waals surface area (Å²) in [5.74, 6) is 0.960. The number of nitrogens with zero attached hydrogens (tertiary/aromatic N) is 3. The van der Waals surface area contributed by atoms with Crippen LogP contribution in [0.3, 0.4) is 0 Å². The van der Waals surface area contributed by atoms with Gasteiger partial charge < -0.3 is 14.8 Å². The van der Waals surface area contributed by atoms with Crippen LogP contribution in [0.25, 0.3) is 11.7 Å². The van der Waals surface area contributed by atoms with Gasteiger partial charge in [0, 0.05) is 19.3 Å². The number of aromatic nitrogens is 2. The number of ether oxygens (including phenoxy) is 2. The molecule has 36 heavy (non-hydrogen) atoms. The second kappa shape index (κ2) is 10.4. The number of anilines is 1. The normalized spacial score (nSPS) is 19.0. The van der Waals surface area contributed by atoms with Gasteiger partial charge in [-0.2, -0.15) is 0 Å². The van der Waals surface area contributed by atoms with Gasteiger partial charge in [0.25, 0.3) is 11.5 Å². The number of hydrogen-bond acceptors (Lipinski definition) is 8. The second-order valence-electron chi connectivity index (χ2n) is 8.74. The first-order valence-electron chi connectivity index (χ1n) is 11.7. The highest BCUT2D eigenvalue weighted by Crippen LogP contribution is 2.34. The van der Waals surface area contributed by atoms with Gasteiger partial charge in [0.1, 0.15) is 21.5 Å². The number of thioether (sulfide) groups is 1. The molecule has 1 amide bonds. The van der Waals surface area contributed by atoms with Gasteiger partial charge in [-0.25, -0.2) is 4.98 Å². The highest BCUT2D eigenvalue weighted by atomic mass is 32.2. The molecule has 4 heterocycles. The number of carbonyl (C=O) groups is 1. The predicted molar refractivity (Wildman–Crippen MR) is 145 cm³/mol. The average Bonchev–Trinajstić information content (AvgIpc) is 3.49. The Balaban J connectivity index is 1.49. The number of carbonyl (C=O) groups excluding carboxylic acids is 1. The number of fused-ring (bicyclic) bond motifs is 1. The molecule has 0 unspecified atom stereocenters. The fraction of sp³-hybridized carbons (Fsp3) is 0.308. The van der Waals surface area contributed by atoms with Crippen molar-refractivity contribution in [3.8, 4) is 5.75 Å². The van der Waals surface area contributed by atoms with Crippen LogP contribution in [0.5, 0.6) is 5.75 Å². The number of hydrogen-bond donors (Lipinski definition) is 1. The Morgan fingerprint density at radius 1 is 1.25 bits per heavy atom. The number of methoxy groups -OCH3 is 1. The third-order valence-corrected chi connectivity index (χ3v) is 7.56. The summed E-state index contributed by atoms with van der Waals surface area (Å²) >= 11 is 6.69. The van der Waals surface area contributed by atoms with Gasteiger partial charge in [0.2, 0.25) is 0 Å². The molecular weight excluding hydrogens is 496 g/mol. The summed E-state index contributed by atoms with van der Waals surface area (Å²) in [5.41, 5.74) is 2.50. The minimum Gasteiger partial charge on any atom is -0.497 e. The molecule has 5 rings (SSSR count). The van der Waals surface area contributed by atoms with Crippen LogP contribution in [-0.2, 0) is 16.1 Å². The molecule has 1 N–H and O–H groups in total. The Morgan fingerprint density at radius 3 is 2.78 bits per heavy atom. The summed E-state index contributed by atoms with van der Waals surface area (Å²) < 4.78 is 12.9. The van der Waals surface area contributed by atoms with E-state index in [0.29, 0.717) is 46.0 Å². The second-order valence-corrected chi connectivity index (χ2v) is 10.4. The molecule has 1 atom stereocenters. The van der Waals surface area contributed by atoms with E-state index >= 15 is 0 Å². The summed E-state index contributed by atoms with van der Waals surface area (Å²) in [6.07, 6.45) is 5.24. The van der Waals surface area contributed by atoms with Crippen LogP contribution in [0, 0.1) is 6.92 Å². The van der Waals surface area contributed by atoms with Gasteiger partial charge in [-0.05, 0) is 55.2 Å².